The van der Waals surface area contributed by atoms with Crippen LogP contribution in [0.3, 0.4) is 0 Å². The van der Waals surface area contributed by atoms with Crippen molar-refractivity contribution < 1.29 is 16.8 Å². The van der Waals surface area contributed by atoms with Crippen molar-refractivity contribution in [1.82, 2.24) is 0 Å². The topological polar surface area (TPSA) is 74.8 Å². The molecule has 0 spiro atoms. The SMILES string of the molecule is CC(C)c1cc(C(C)C)c(S(=O)(=O)N2c3ccccc3[C@H]3[C@@H]2c2ccccc2N3S(=O)(=O)c2c(C(C)C)cc(C(C)C)cc2C(C)C)c(C(C)C)c1. The largest absolute Gasteiger partial charge is 0.265 e. The second kappa shape index (κ2) is 13.7. The van der Waals surface area contributed by atoms with Gasteiger partial charge in [0.15, 0.2) is 0 Å². The first-order chi connectivity index (χ1) is 24.3. The molecule has 6 rings (SSSR count). The number of anilines is 2. The summed E-state index contributed by atoms with van der Waals surface area (Å²) < 4.78 is 65.7. The molecule has 0 aliphatic carbocycles. The maximum absolute atomic E-state index is 15.7. The Labute approximate surface area is 313 Å². The van der Waals surface area contributed by atoms with Crippen LogP contribution in [0.4, 0.5) is 11.4 Å². The molecule has 4 aromatic carbocycles. The molecule has 2 aliphatic rings. The molecule has 2 aliphatic heterocycles. The molecule has 2 atom stereocenters. The quantitative estimate of drug-likeness (QED) is 0.162. The van der Waals surface area contributed by atoms with E-state index in [0.717, 1.165) is 33.4 Å². The highest BCUT2D eigenvalue weighted by Crippen LogP contribution is 2.62. The number of hydrogen-bond donors (Lipinski definition) is 0. The normalized spacial score (nSPS) is 17.3. The van der Waals surface area contributed by atoms with E-state index in [1.807, 2.05) is 104 Å². The van der Waals surface area contributed by atoms with Gasteiger partial charge in [-0.3, -0.25) is 8.61 Å². The molecule has 0 amide bonds. The first-order valence-electron chi connectivity index (χ1n) is 18.9. The van der Waals surface area contributed by atoms with E-state index in [-0.39, 0.29) is 35.5 Å². The summed E-state index contributed by atoms with van der Waals surface area (Å²) in [6.45, 7) is 24.9. The molecule has 0 unspecified atom stereocenters. The Morgan fingerprint density at radius 3 is 0.942 bits per heavy atom. The average Bonchev–Trinajstić information content (AvgIpc) is 3.60. The van der Waals surface area contributed by atoms with Crippen molar-refractivity contribution in [2.24, 2.45) is 0 Å². The minimum absolute atomic E-state index is 0.0555. The van der Waals surface area contributed by atoms with Crippen molar-refractivity contribution in [3.63, 3.8) is 0 Å². The molecule has 2 heterocycles. The molecule has 6 nitrogen and oxygen atoms in total. The van der Waals surface area contributed by atoms with Crippen molar-refractivity contribution >= 4 is 31.4 Å². The Morgan fingerprint density at radius 2 is 0.692 bits per heavy atom. The fourth-order valence-corrected chi connectivity index (χ4v) is 12.8. The lowest BCUT2D eigenvalue weighted by Gasteiger charge is -2.32. The van der Waals surface area contributed by atoms with E-state index < -0.39 is 32.1 Å². The fraction of sp³-hybridized carbons (Fsp3) is 0.455. The number of fused-ring (bicyclic) bond motifs is 5. The number of hydrogen-bond acceptors (Lipinski definition) is 4. The van der Waals surface area contributed by atoms with Crippen LogP contribution in [0.1, 0.15) is 175 Å². The van der Waals surface area contributed by atoms with E-state index in [4.69, 9.17) is 0 Å². The van der Waals surface area contributed by atoms with Gasteiger partial charge < -0.3 is 0 Å². The zero-order valence-corrected chi connectivity index (χ0v) is 34.5. The Kier molecular flexibility index (Phi) is 10.0. The first-order valence-corrected chi connectivity index (χ1v) is 21.8. The highest BCUT2D eigenvalue weighted by atomic mass is 32.2. The zero-order valence-electron chi connectivity index (χ0n) is 32.9. The fourth-order valence-electron chi connectivity index (χ4n) is 8.16. The molecule has 278 valence electrons. The molecule has 0 fully saturated rings. The lowest BCUT2D eigenvalue weighted by atomic mass is 9.89. The summed E-state index contributed by atoms with van der Waals surface area (Å²) in [5, 5.41) is 0. The van der Waals surface area contributed by atoms with Gasteiger partial charge in [0.1, 0.15) is 0 Å². The van der Waals surface area contributed by atoms with Crippen LogP contribution in [-0.4, -0.2) is 16.8 Å². The van der Waals surface area contributed by atoms with Gasteiger partial charge in [0, 0.05) is 11.1 Å². The van der Waals surface area contributed by atoms with Gasteiger partial charge >= 0.3 is 0 Å². The van der Waals surface area contributed by atoms with Gasteiger partial charge in [-0.05, 0) is 81.0 Å². The third-order valence-corrected chi connectivity index (χ3v) is 14.8. The number of benzene rings is 4. The maximum Gasteiger partial charge on any atom is 0.265 e. The minimum atomic E-state index is -4.22. The molecule has 0 saturated heterocycles. The minimum Gasteiger partial charge on any atom is -0.256 e. The van der Waals surface area contributed by atoms with Gasteiger partial charge in [-0.1, -0.05) is 144 Å². The molecule has 52 heavy (non-hydrogen) atoms. The highest BCUT2D eigenvalue weighted by molar-refractivity contribution is 7.93. The molecular formula is C44H56N2O4S2. The van der Waals surface area contributed by atoms with E-state index in [1.54, 1.807) is 8.61 Å². The number of para-hydroxylation sites is 2. The average molecular weight is 741 g/mol. The van der Waals surface area contributed by atoms with Gasteiger partial charge in [0.25, 0.3) is 20.0 Å². The standard InChI is InChI=1S/C44H56N2O4S2/c1-25(2)31-21-35(27(5)6)43(36(22-31)28(7)8)51(47,48)45-39-19-15-13-17-33(39)42-41(45)34-18-14-16-20-40(34)46(42)52(49,50)44-37(29(9)10)23-32(26(3)4)24-38(44)30(11)12/h13-30,41-42H,1-12H3/t41-,42-/m0/s1. The summed E-state index contributed by atoms with van der Waals surface area (Å²) in [6.07, 6.45) is 0. The number of rotatable bonds is 10. The van der Waals surface area contributed by atoms with Crippen molar-refractivity contribution in [1.29, 1.82) is 0 Å². The van der Waals surface area contributed by atoms with Crippen LogP contribution in [-0.2, 0) is 20.0 Å². The molecule has 0 saturated carbocycles. The predicted octanol–water partition coefficient (Wildman–Crippen LogP) is 11.6. The van der Waals surface area contributed by atoms with Crippen LogP contribution < -0.4 is 8.61 Å². The van der Waals surface area contributed by atoms with Crippen molar-refractivity contribution in [3.05, 3.63) is 117 Å². The van der Waals surface area contributed by atoms with Crippen LogP contribution in [0.15, 0.2) is 82.6 Å². The summed E-state index contributed by atoms with van der Waals surface area (Å²) in [7, 11) is -8.45. The summed E-state index contributed by atoms with van der Waals surface area (Å²) in [4.78, 5) is 0.675. The van der Waals surface area contributed by atoms with Crippen LogP contribution in [0.5, 0.6) is 0 Å². The molecular weight excluding hydrogens is 685 g/mol. The Balaban J connectivity index is 1.66. The number of nitrogens with zero attached hydrogens (tertiary/aromatic N) is 2. The van der Waals surface area contributed by atoms with E-state index in [2.05, 4.69) is 52.0 Å². The van der Waals surface area contributed by atoms with Crippen LogP contribution in [0.25, 0.3) is 0 Å². The lowest BCUT2D eigenvalue weighted by molar-refractivity contribution is 0.555. The summed E-state index contributed by atoms with van der Waals surface area (Å²) in [5.74, 6) is 0.232. The number of sulfonamides is 2. The van der Waals surface area contributed by atoms with Crippen molar-refractivity contribution in [2.45, 2.75) is 140 Å². The Morgan fingerprint density at radius 1 is 0.423 bits per heavy atom. The van der Waals surface area contributed by atoms with E-state index >= 15 is 16.8 Å². The van der Waals surface area contributed by atoms with Crippen LogP contribution in [0.2, 0.25) is 0 Å². The first kappa shape index (κ1) is 38.1. The van der Waals surface area contributed by atoms with Gasteiger partial charge in [0.05, 0.1) is 33.2 Å². The summed E-state index contributed by atoms with van der Waals surface area (Å²) in [5.41, 5.74) is 7.80. The molecule has 8 heteroatoms. The molecule has 0 N–H and O–H groups in total. The summed E-state index contributed by atoms with van der Waals surface area (Å²) >= 11 is 0. The molecule has 0 bridgehead atoms. The van der Waals surface area contributed by atoms with Gasteiger partial charge in [-0.15, -0.1) is 0 Å². The second-order valence-corrected chi connectivity index (χ2v) is 20.1. The van der Waals surface area contributed by atoms with E-state index in [0.29, 0.717) is 32.3 Å². The van der Waals surface area contributed by atoms with Gasteiger partial charge in [-0.2, -0.15) is 0 Å². The van der Waals surface area contributed by atoms with Gasteiger partial charge in [-0.25, -0.2) is 16.8 Å². The summed E-state index contributed by atoms with van der Waals surface area (Å²) in [6, 6.07) is 21.6. The van der Waals surface area contributed by atoms with Gasteiger partial charge in [0.2, 0.25) is 0 Å². The Bertz CT molecular complexity index is 2020. The smallest absolute Gasteiger partial charge is 0.256 e. The van der Waals surface area contributed by atoms with Crippen molar-refractivity contribution in [2.75, 3.05) is 8.61 Å². The maximum atomic E-state index is 15.7. The monoisotopic (exact) mass is 740 g/mol. The van der Waals surface area contributed by atoms with Crippen LogP contribution >= 0.6 is 0 Å². The Hall–Kier alpha value is -3.62. The van der Waals surface area contributed by atoms with E-state index in [1.165, 1.54) is 0 Å². The molecule has 0 aromatic heterocycles. The second-order valence-electron chi connectivity index (χ2n) is 16.6. The lowest BCUT2D eigenvalue weighted by Crippen LogP contribution is -2.37. The van der Waals surface area contributed by atoms with Crippen LogP contribution in [0, 0.1) is 0 Å². The third-order valence-electron chi connectivity index (χ3n) is 11.0. The van der Waals surface area contributed by atoms with E-state index in [9.17, 15) is 0 Å². The zero-order chi connectivity index (χ0) is 38.2. The molecule has 0 radical (unpaired) electrons. The predicted molar refractivity (Wildman–Crippen MR) is 215 cm³/mol. The highest BCUT2D eigenvalue weighted by Gasteiger charge is 2.57. The van der Waals surface area contributed by atoms with Crippen molar-refractivity contribution in [3.8, 4) is 0 Å². The molecule has 4 aromatic rings. The third kappa shape index (κ3) is 5.98.